The molecular formula is C15H20N2O5. The number of hydrogen-bond donors (Lipinski definition) is 2. The van der Waals surface area contributed by atoms with Gasteiger partial charge in [-0.2, -0.15) is 0 Å². The fourth-order valence-corrected chi connectivity index (χ4v) is 2.41. The summed E-state index contributed by atoms with van der Waals surface area (Å²) >= 11 is 0. The Hall–Kier alpha value is -2.31. The Labute approximate surface area is 128 Å². The van der Waals surface area contributed by atoms with Gasteiger partial charge < -0.3 is 19.9 Å². The Morgan fingerprint density at radius 3 is 2.77 bits per heavy atom. The minimum Gasteiger partial charge on any atom is -0.503 e. The zero-order chi connectivity index (χ0) is 15.9. The van der Waals surface area contributed by atoms with Gasteiger partial charge in [0.2, 0.25) is 0 Å². The molecule has 120 valence electrons. The van der Waals surface area contributed by atoms with Crippen LogP contribution < -0.4 is 10.1 Å². The summed E-state index contributed by atoms with van der Waals surface area (Å²) in [5.41, 5.74) is -0.190. The lowest BCUT2D eigenvalue weighted by Gasteiger charge is -2.21. The van der Waals surface area contributed by atoms with Crippen molar-refractivity contribution in [3.05, 3.63) is 18.0 Å². The normalized spacial score (nSPS) is 15.1. The van der Waals surface area contributed by atoms with Gasteiger partial charge in [0.05, 0.1) is 7.11 Å². The predicted molar refractivity (Wildman–Crippen MR) is 77.8 cm³/mol. The molecule has 1 aromatic rings. The van der Waals surface area contributed by atoms with Crippen molar-refractivity contribution in [2.24, 2.45) is 0 Å². The fraction of sp³-hybridized carbons (Fsp3) is 0.533. The highest BCUT2D eigenvalue weighted by Gasteiger charge is 2.20. The van der Waals surface area contributed by atoms with Crippen molar-refractivity contribution in [3.8, 4) is 11.5 Å². The summed E-state index contributed by atoms with van der Waals surface area (Å²) in [7, 11) is 1.37. The summed E-state index contributed by atoms with van der Waals surface area (Å²) in [6, 6.07) is 1.43. The second-order valence-electron chi connectivity index (χ2n) is 5.14. The number of ether oxygens (including phenoxy) is 2. The molecule has 0 bridgehead atoms. The summed E-state index contributed by atoms with van der Waals surface area (Å²) in [6.07, 6.45) is 6.33. The molecule has 0 saturated heterocycles. The van der Waals surface area contributed by atoms with Crippen LogP contribution in [0.1, 0.15) is 42.6 Å². The van der Waals surface area contributed by atoms with E-state index in [0.717, 1.165) is 25.7 Å². The first-order valence-electron chi connectivity index (χ1n) is 7.31. The number of carbonyl (C=O) groups is 2. The van der Waals surface area contributed by atoms with Crippen molar-refractivity contribution in [1.29, 1.82) is 0 Å². The van der Waals surface area contributed by atoms with Crippen LogP contribution in [0.25, 0.3) is 0 Å². The second-order valence-corrected chi connectivity index (χ2v) is 5.14. The molecule has 0 spiro atoms. The first kappa shape index (κ1) is 16.1. The quantitative estimate of drug-likeness (QED) is 0.798. The third-order valence-corrected chi connectivity index (χ3v) is 3.57. The molecule has 22 heavy (non-hydrogen) atoms. The van der Waals surface area contributed by atoms with Crippen molar-refractivity contribution in [3.63, 3.8) is 0 Å². The molecule has 7 heteroatoms. The van der Waals surface area contributed by atoms with Crippen molar-refractivity contribution in [2.45, 2.75) is 38.2 Å². The summed E-state index contributed by atoms with van der Waals surface area (Å²) in [4.78, 5) is 27.4. The van der Waals surface area contributed by atoms with Gasteiger partial charge in [0.25, 0.3) is 5.91 Å². The van der Waals surface area contributed by atoms with Crippen molar-refractivity contribution in [2.75, 3.05) is 13.7 Å². The first-order valence-corrected chi connectivity index (χ1v) is 7.31. The molecule has 1 heterocycles. The van der Waals surface area contributed by atoms with Crippen LogP contribution in [0.5, 0.6) is 11.5 Å². The lowest BCUT2D eigenvalue weighted by Crippen LogP contribution is -2.33. The number of esters is 1. The Balaban J connectivity index is 1.85. The molecule has 1 amide bonds. The highest BCUT2D eigenvalue weighted by Crippen LogP contribution is 2.27. The van der Waals surface area contributed by atoms with Gasteiger partial charge in [-0.15, -0.1) is 0 Å². The molecule has 7 nitrogen and oxygen atoms in total. The molecule has 1 aliphatic rings. The van der Waals surface area contributed by atoms with Crippen LogP contribution in [0.4, 0.5) is 0 Å². The standard InChI is InChI=1S/C15H20N2O5/c1-21-11-7-8-16-13(14(11)19)15(20)17-9-12(18)22-10-5-3-2-4-6-10/h7-8,10,19H,2-6,9H2,1H3,(H,17,20). The van der Waals surface area contributed by atoms with Gasteiger partial charge >= 0.3 is 5.97 Å². The van der Waals surface area contributed by atoms with Crippen molar-refractivity contribution in [1.82, 2.24) is 10.3 Å². The van der Waals surface area contributed by atoms with Gasteiger partial charge in [-0.25, -0.2) is 4.98 Å². The Morgan fingerprint density at radius 1 is 1.36 bits per heavy atom. The number of hydrogen-bond acceptors (Lipinski definition) is 6. The van der Waals surface area contributed by atoms with Crippen molar-refractivity contribution >= 4 is 11.9 Å². The van der Waals surface area contributed by atoms with Crippen LogP contribution in [0.3, 0.4) is 0 Å². The number of methoxy groups -OCH3 is 1. The topological polar surface area (TPSA) is 97.8 Å². The van der Waals surface area contributed by atoms with Crippen LogP contribution in [-0.2, 0) is 9.53 Å². The van der Waals surface area contributed by atoms with E-state index in [1.165, 1.54) is 25.8 Å². The maximum absolute atomic E-state index is 11.9. The van der Waals surface area contributed by atoms with E-state index in [1.807, 2.05) is 0 Å². The number of aromatic hydroxyl groups is 1. The first-order chi connectivity index (χ1) is 10.6. The number of rotatable bonds is 5. The SMILES string of the molecule is COc1ccnc(C(=O)NCC(=O)OC2CCCCC2)c1O. The molecule has 2 N–H and O–H groups in total. The van der Waals surface area contributed by atoms with E-state index in [-0.39, 0.29) is 29.8 Å². The van der Waals surface area contributed by atoms with Gasteiger partial charge in [-0.3, -0.25) is 9.59 Å². The molecule has 1 saturated carbocycles. The lowest BCUT2D eigenvalue weighted by atomic mass is 9.98. The fourth-order valence-electron chi connectivity index (χ4n) is 2.41. The second kappa shape index (κ2) is 7.63. The zero-order valence-corrected chi connectivity index (χ0v) is 12.5. The molecule has 1 fully saturated rings. The van der Waals surface area contributed by atoms with Gasteiger partial charge in [0.15, 0.2) is 17.2 Å². The molecular weight excluding hydrogens is 288 g/mol. The molecule has 0 atom stereocenters. The number of pyridine rings is 1. The molecule has 0 aliphatic heterocycles. The zero-order valence-electron chi connectivity index (χ0n) is 12.5. The largest absolute Gasteiger partial charge is 0.503 e. The van der Waals surface area contributed by atoms with E-state index in [0.29, 0.717) is 0 Å². The summed E-state index contributed by atoms with van der Waals surface area (Å²) < 4.78 is 10.2. The van der Waals surface area contributed by atoms with Crippen LogP contribution in [0.15, 0.2) is 12.3 Å². The number of nitrogens with one attached hydrogen (secondary N) is 1. The third kappa shape index (κ3) is 4.09. The van der Waals surface area contributed by atoms with Gasteiger partial charge in [0.1, 0.15) is 12.6 Å². The Kier molecular flexibility index (Phi) is 5.57. The molecule has 2 rings (SSSR count). The molecule has 0 radical (unpaired) electrons. The van der Waals surface area contributed by atoms with E-state index in [4.69, 9.17) is 9.47 Å². The molecule has 0 unspecified atom stereocenters. The summed E-state index contributed by atoms with van der Waals surface area (Å²) in [5.74, 6) is -1.35. The van der Waals surface area contributed by atoms with E-state index in [9.17, 15) is 14.7 Å². The van der Waals surface area contributed by atoms with E-state index in [1.54, 1.807) is 0 Å². The van der Waals surface area contributed by atoms with E-state index < -0.39 is 11.9 Å². The maximum atomic E-state index is 11.9. The van der Waals surface area contributed by atoms with Crippen LogP contribution in [0, 0.1) is 0 Å². The molecule has 0 aromatic carbocycles. The predicted octanol–water partition coefficient (Wildman–Crippen LogP) is 1.40. The molecule has 1 aromatic heterocycles. The maximum Gasteiger partial charge on any atom is 0.325 e. The number of aromatic nitrogens is 1. The minimum absolute atomic E-state index is 0.0542. The average molecular weight is 308 g/mol. The highest BCUT2D eigenvalue weighted by molar-refractivity contribution is 5.97. The molecule has 1 aliphatic carbocycles. The Bertz CT molecular complexity index is 541. The van der Waals surface area contributed by atoms with Gasteiger partial charge in [-0.1, -0.05) is 6.42 Å². The van der Waals surface area contributed by atoms with Crippen molar-refractivity contribution < 1.29 is 24.2 Å². The number of amides is 1. The summed E-state index contributed by atoms with van der Waals surface area (Å²) in [5, 5.41) is 12.2. The highest BCUT2D eigenvalue weighted by atomic mass is 16.5. The number of nitrogens with zero attached hydrogens (tertiary/aromatic N) is 1. The third-order valence-electron chi connectivity index (χ3n) is 3.57. The van der Waals surface area contributed by atoms with Gasteiger partial charge in [-0.05, 0) is 25.7 Å². The van der Waals surface area contributed by atoms with Crippen LogP contribution >= 0.6 is 0 Å². The van der Waals surface area contributed by atoms with Gasteiger partial charge in [0, 0.05) is 12.3 Å². The van der Waals surface area contributed by atoms with E-state index in [2.05, 4.69) is 10.3 Å². The minimum atomic E-state index is -0.656. The lowest BCUT2D eigenvalue weighted by molar-refractivity contribution is -0.149. The van der Waals surface area contributed by atoms with E-state index >= 15 is 0 Å². The average Bonchev–Trinajstić information content (AvgIpc) is 2.54. The Morgan fingerprint density at radius 2 is 2.09 bits per heavy atom. The monoisotopic (exact) mass is 308 g/mol. The summed E-state index contributed by atoms with van der Waals surface area (Å²) in [6.45, 7) is -0.256. The van der Waals surface area contributed by atoms with Crippen LogP contribution in [0.2, 0.25) is 0 Å². The smallest absolute Gasteiger partial charge is 0.325 e. The van der Waals surface area contributed by atoms with Crippen LogP contribution in [-0.4, -0.2) is 41.7 Å². The number of carbonyl (C=O) groups excluding carboxylic acids is 2.